The molecule has 0 fully saturated rings. The second kappa shape index (κ2) is 3.71. The maximum atomic E-state index is 4.18. The molecule has 1 aromatic heterocycles. The lowest BCUT2D eigenvalue weighted by Crippen LogP contribution is -2.26. The topological polar surface area (TPSA) is 12.9 Å². The molecule has 1 rings (SSSR count). The molecule has 1 nitrogen and oxygen atoms in total. The molecule has 0 aliphatic carbocycles. The zero-order valence-electron chi connectivity index (χ0n) is 6.62. The first kappa shape index (κ1) is 7.73. The molecule has 0 aliphatic rings. The standard InChI is InChI=1S/C10H11N/c1-3-6-9-7-5-8-11-10(9)4-2/h3-8H,1H2,2H3/b9-6-,10-4+. The van der Waals surface area contributed by atoms with Crippen LogP contribution in [0.3, 0.4) is 0 Å². The summed E-state index contributed by atoms with van der Waals surface area (Å²) in [5.41, 5.74) is 0. The lowest BCUT2D eigenvalue weighted by atomic mass is 10.3. The fraction of sp³-hybridized carbons (Fsp3) is 0.100. The third-order valence-electron chi connectivity index (χ3n) is 1.44. The highest BCUT2D eigenvalue weighted by Crippen LogP contribution is 1.68. The van der Waals surface area contributed by atoms with E-state index in [1.54, 1.807) is 12.3 Å². The summed E-state index contributed by atoms with van der Waals surface area (Å²) in [5, 5.41) is 2.12. The van der Waals surface area contributed by atoms with Gasteiger partial charge in [0.2, 0.25) is 0 Å². The number of allylic oxidation sites excluding steroid dienone is 1. The highest BCUT2D eigenvalue weighted by molar-refractivity contribution is 5.35. The van der Waals surface area contributed by atoms with Crippen LogP contribution in [0.1, 0.15) is 6.92 Å². The normalized spacial score (nSPS) is 13.5. The van der Waals surface area contributed by atoms with Crippen molar-refractivity contribution in [2.45, 2.75) is 6.92 Å². The summed E-state index contributed by atoms with van der Waals surface area (Å²) in [4.78, 5) is 4.18. The monoisotopic (exact) mass is 145 g/mol. The van der Waals surface area contributed by atoms with Crippen LogP contribution in [0.4, 0.5) is 0 Å². The fourth-order valence-electron chi connectivity index (χ4n) is 0.939. The van der Waals surface area contributed by atoms with Crippen LogP contribution in [0.25, 0.3) is 12.2 Å². The van der Waals surface area contributed by atoms with Gasteiger partial charge in [-0.3, -0.25) is 4.98 Å². The average molecular weight is 145 g/mol. The van der Waals surface area contributed by atoms with Gasteiger partial charge >= 0.3 is 0 Å². The predicted molar refractivity (Wildman–Crippen MR) is 48.3 cm³/mol. The number of nitrogens with zero attached hydrogens (tertiary/aromatic N) is 1. The average Bonchev–Trinajstić information content (AvgIpc) is 2.06. The van der Waals surface area contributed by atoms with Crippen LogP contribution in [-0.2, 0) is 0 Å². The van der Waals surface area contributed by atoms with E-state index in [0.29, 0.717) is 0 Å². The molecule has 56 valence electrons. The largest absolute Gasteiger partial charge is 0.257 e. The number of hydrogen-bond acceptors (Lipinski definition) is 1. The Kier molecular flexibility index (Phi) is 2.61. The molecule has 0 bridgehead atoms. The highest BCUT2D eigenvalue weighted by Gasteiger charge is 1.79. The molecule has 11 heavy (non-hydrogen) atoms. The molecule has 0 radical (unpaired) electrons. The zero-order chi connectivity index (χ0) is 8.10. The van der Waals surface area contributed by atoms with Crippen molar-refractivity contribution >= 4 is 12.2 Å². The van der Waals surface area contributed by atoms with Crippen molar-refractivity contribution in [2.75, 3.05) is 0 Å². The highest BCUT2D eigenvalue weighted by atomic mass is 14.6. The minimum atomic E-state index is 1.01. The van der Waals surface area contributed by atoms with Gasteiger partial charge in [-0.2, -0.15) is 0 Å². The van der Waals surface area contributed by atoms with Gasteiger partial charge in [-0.15, -0.1) is 0 Å². The van der Waals surface area contributed by atoms with Crippen molar-refractivity contribution in [3.8, 4) is 0 Å². The molecule has 0 saturated heterocycles. The third-order valence-corrected chi connectivity index (χ3v) is 1.44. The minimum Gasteiger partial charge on any atom is -0.257 e. The first-order valence-electron chi connectivity index (χ1n) is 3.58. The van der Waals surface area contributed by atoms with Gasteiger partial charge in [-0.25, -0.2) is 0 Å². The molecule has 1 heteroatoms. The van der Waals surface area contributed by atoms with E-state index in [2.05, 4.69) is 11.6 Å². The predicted octanol–water partition coefficient (Wildman–Crippen LogP) is 0.849. The summed E-state index contributed by atoms with van der Waals surface area (Å²) >= 11 is 0. The Morgan fingerprint density at radius 1 is 1.55 bits per heavy atom. The maximum Gasteiger partial charge on any atom is 0.0659 e. The van der Waals surface area contributed by atoms with Gasteiger partial charge in [0.05, 0.1) is 5.35 Å². The lowest BCUT2D eigenvalue weighted by Gasteiger charge is -1.85. The molecule has 0 unspecified atom stereocenters. The first-order valence-corrected chi connectivity index (χ1v) is 3.58. The molecule has 0 amide bonds. The van der Waals surface area contributed by atoms with E-state index in [4.69, 9.17) is 0 Å². The summed E-state index contributed by atoms with van der Waals surface area (Å²) in [7, 11) is 0. The van der Waals surface area contributed by atoms with E-state index in [1.807, 2.05) is 31.2 Å². The van der Waals surface area contributed by atoms with E-state index in [-0.39, 0.29) is 0 Å². The van der Waals surface area contributed by atoms with E-state index in [1.165, 1.54) is 0 Å². The molecule has 0 N–H and O–H groups in total. The van der Waals surface area contributed by atoms with Crippen molar-refractivity contribution < 1.29 is 0 Å². The summed E-state index contributed by atoms with van der Waals surface area (Å²) < 4.78 is 0. The second-order valence-corrected chi connectivity index (χ2v) is 2.17. The van der Waals surface area contributed by atoms with Crippen LogP contribution >= 0.6 is 0 Å². The lowest BCUT2D eigenvalue weighted by molar-refractivity contribution is 1.22. The van der Waals surface area contributed by atoms with Crippen molar-refractivity contribution in [3.63, 3.8) is 0 Å². The van der Waals surface area contributed by atoms with Gasteiger partial charge in [0.1, 0.15) is 0 Å². The van der Waals surface area contributed by atoms with Gasteiger partial charge in [-0.1, -0.05) is 30.9 Å². The van der Waals surface area contributed by atoms with Gasteiger partial charge in [0, 0.05) is 6.20 Å². The summed E-state index contributed by atoms with van der Waals surface area (Å²) in [6, 6.07) is 3.94. The molecular formula is C10H11N. The molecule has 1 aromatic rings. The summed E-state index contributed by atoms with van der Waals surface area (Å²) in [6.45, 7) is 5.61. The zero-order valence-corrected chi connectivity index (χ0v) is 6.62. The minimum absolute atomic E-state index is 1.01. The van der Waals surface area contributed by atoms with E-state index < -0.39 is 0 Å². The molecule has 0 saturated carbocycles. The van der Waals surface area contributed by atoms with Gasteiger partial charge in [0.15, 0.2) is 0 Å². The molecule has 0 aromatic carbocycles. The van der Waals surface area contributed by atoms with Crippen molar-refractivity contribution in [1.82, 2.24) is 4.98 Å². The number of aromatic nitrogens is 1. The SMILES string of the molecule is C=C/C=c1/cccn/c1=C/C. The van der Waals surface area contributed by atoms with Crippen LogP contribution in [0, 0.1) is 0 Å². The van der Waals surface area contributed by atoms with Crippen LogP contribution in [-0.4, -0.2) is 4.98 Å². The maximum absolute atomic E-state index is 4.18. The Labute approximate surface area is 66.4 Å². The summed E-state index contributed by atoms with van der Waals surface area (Å²) in [6.07, 6.45) is 7.48. The smallest absolute Gasteiger partial charge is 0.0659 e. The first-order chi connectivity index (χ1) is 5.38. The Hall–Kier alpha value is -1.37. The van der Waals surface area contributed by atoms with Crippen molar-refractivity contribution in [3.05, 3.63) is 41.6 Å². The van der Waals surface area contributed by atoms with E-state index in [9.17, 15) is 0 Å². The fourth-order valence-corrected chi connectivity index (χ4v) is 0.939. The Bertz CT molecular complexity index is 349. The van der Waals surface area contributed by atoms with E-state index in [0.717, 1.165) is 10.6 Å². The molecule has 0 spiro atoms. The molecular weight excluding hydrogens is 134 g/mol. The van der Waals surface area contributed by atoms with Crippen molar-refractivity contribution in [2.24, 2.45) is 0 Å². The van der Waals surface area contributed by atoms with Gasteiger partial charge in [-0.05, 0) is 18.2 Å². The van der Waals surface area contributed by atoms with Crippen molar-refractivity contribution in [1.29, 1.82) is 0 Å². The number of pyridine rings is 1. The second-order valence-electron chi connectivity index (χ2n) is 2.17. The van der Waals surface area contributed by atoms with Gasteiger partial charge in [0.25, 0.3) is 0 Å². The van der Waals surface area contributed by atoms with Crippen LogP contribution in [0.2, 0.25) is 0 Å². The Morgan fingerprint density at radius 2 is 2.36 bits per heavy atom. The molecule has 1 heterocycles. The number of hydrogen-bond donors (Lipinski definition) is 0. The number of rotatable bonds is 1. The molecule has 0 atom stereocenters. The quantitative estimate of drug-likeness (QED) is 0.571. The Balaban J connectivity index is 3.48. The summed E-state index contributed by atoms with van der Waals surface area (Å²) in [5.74, 6) is 0. The third kappa shape index (κ3) is 1.77. The molecule has 0 aliphatic heterocycles. The van der Waals surface area contributed by atoms with Crippen LogP contribution < -0.4 is 10.6 Å². The van der Waals surface area contributed by atoms with E-state index >= 15 is 0 Å². The van der Waals surface area contributed by atoms with Gasteiger partial charge < -0.3 is 0 Å². The van der Waals surface area contributed by atoms with Crippen LogP contribution in [0.15, 0.2) is 31.0 Å². The Morgan fingerprint density at radius 3 is 3.00 bits per heavy atom. The van der Waals surface area contributed by atoms with Crippen LogP contribution in [0.5, 0.6) is 0 Å².